The number of fused-ring (bicyclic) bond motifs is 1. The van der Waals surface area contributed by atoms with Crippen LogP contribution in [0.5, 0.6) is 0 Å². The molecule has 1 aromatic heterocycles. The van der Waals surface area contributed by atoms with Crippen LogP contribution in [-0.4, -0.2) is 42.3 Å². The number of nitrogens with one attached hydrogen (secondary N) is 2. The Morgan fingerprint density at radius 3 is 2.38 bits per heavy atom. The maximum Gasteiger partial charge on any atom is 0.150 e. The van der Waals surface area contributed by atoms with Gasteiger partial charge in [0.25, 0.3) is 0 Å². The third kappa shape index (κ3) is 5.87. The van der Waals surface area contributed by atoms with Crippen LogP contribution in [0.3, 0.4) is 0 Å². The molecule has 5 nitrogen and oxygen atoms in total. The maximum absolute atomic E-state index is 10.6. The van der Waals surface area contributed by atoms with E-state index < -0.39 is 0 Å². The van der Waals surface area contributed by atoms with E-state index in [9.17, 15) is 4.79 Å². The highest BCUT2D eigenvalue weighted by Crippen LogP contribution is 2.27. The molecule has 4 aromatic rings. The van der Waals surface area contributed by atoms with Crippen molar-refractivity contribution in [2.75, 3.05) is 30.2 Å². The number of likely N-dealkylation sites (tertiary alicyclic amines) is 1. The number of rotatable bonds is 6. The lowest BCUT2D eigenvalue weighted by Crippen LogP contribution is -2.52. The van der Waals surface area contributed by atoms with Crippen LogP contribution in [0, 0.1) is 0 Å². The SMILES string of the molecule is CN1CC(Nc2ccccc2)C1.O=Cc1ccc(NSc2cccc3cccnc23)cc1. The van der Waals surface area contributed by atoms with Gasteiger partial charge in [0, 0.05) is 41.6 Å². The number of hydrogen-bond donors (Lipinski definition) is 2. The van der Waals surface area contributed by atoms with E-state index in [-0.39, 0.29) is 0 Å². The lowest BCUT2D eigenvalue weighted by molar-refractivity contribution is 0.112. The molecule has 0 saturated carbocycles. The molecule has 0 bridgehead atoms. The molecule has 1 saturated heterocycles. The topological polar surface area (TPSA) is 57.3 Å². The van der Waals surface area contributed by atoms with Gasteiger partial charge in [-0.2, -0.15) is 0 Å². The molecule has 1 aliphatic rings. The Hall–Kier alpha value is -3.35. The van der Waals surface area contributed by atoms with Gasteiger partial charge in [-0.15, -0.1) is 0 Å². The number of benzene rings is 3. The number of anilines is 2. The fourth-order valence-electron chi connectivity index (χ4n) is 3.46. The molecule has 2 N–H and O–H groups in total. The number of pyridine rings is 1. The van der Waals surface area contributed by atoms with Crippen LogP contribution in [-0.2, 0) is 0 Å². The number of likely N-dealkylation sites (N-methyl/N-ethyl adjacent to an activating group) is 1. The minimum Gasteiger partial charge on any atom is -0.380 e. The first-order chi connectivity index (χ1) is 15.7. The normalized spacial score (nSPS) is 13.5. The molecule has 3 aromatic carbocycles. The fraction of sp³-hybridized carbons (Fsp3) is 0.154. The van der Waals surface area contributed by atoms with Crippen LogP contribution < -0.4 is 10.0 Å². The van der Waals surface area contributed by atoms with Gasteiger partial charge in [0.05, 0.1) is 16.5 Å². The zero-order chi connectivity index (χ0) is 22.2. The van der Waals surface area contributed by atoms with Crippen LogP contribution in [0.25, 0.3) is 10.9 Å². The Labute approximate surface area is 193 Å². The van der Waals surface area contributed by atoms with Crippen LogP contribution in [0.15, 0.2) is 96.0 Å². The first-order valence-electron chi connectivity index (χ1n) is 10.5. The van der Waals surface area contributed by atoms with E-state index in [4.69, 9.17) is 0 Å². The summed E-state index contributed by atoms with van der Waals surface area (Å²) >= 11 is 1.52. The molecule has 5 rings (SSSR count). The Balaban J connectivity index is 0.000000174. The number of aromatic nitrogens is 1. The molecule has 1 aliphatic heterocycles. The molecular weight excluding hydrogens is 416 g/mol. The Morgan fingerprint density at radius 1 is 0.906 bits per heavy atom. The van der Waals surface area contributed by atoms with Crippen molar-refractivity contribution in [2.24, 2.45) is 0 Å². The molecule has 0 amide bonds. The summed E-state index contributed by atoms with van der Waals surface area (Å²) in [6.07, 6.45) is 2.64. The summed E-state index contributed by atoms with van der Waals surface area (Å²) in [7, 11) is 2.14. The fourth-order valence-corrected chi connectivity index (χ4v) is 4.24. The second-order valence-electron chi connectivity index (χ2n) is 7.70. The van der Waals surface area contributed by atoms with Gasteiger partial charge in [-0.1, -0.05) is 36.4 Å². The highest BCUT2D eigenvalue weighted by molar-refractivity contribution is 8.00. The van der Waals surface area contributed by atoms with Crippen molar-refractivity contribution < 1.29 is 4.79 Å². The zero-order valence-electron chi connectivity index (χ0n) is 17.9. The van der Waals surface area contributed by atoms with Gasteiger partial charge in [-0.05, 0) is 67.5 Å². The second kappa shape index (κ2) is 10.8. The summed E-state index contributed by atoms with van der Waals surface area (Å²) in [6, 6.07) is 28.5. The van der Waals surface area contributed by atoms with E-state index in [0.29, 0.717) is 11.6 Å². The number of para-hydroxylation sites is 2. The number of carbonyl (C=O) groups is 1. The quantitative estimate of drug-likeness (QED) is 0.300. The number of nitrogens with zero attached hydrogens (tertiary/aromatic N) is 2. The summed E-state index contributed by atoms with van der Waals surface area (Å²) in [5.41, 5.74) is 3.84. The predicted octanol–water partition coefficient (Wildman–Crippen LogP) is 5.58. The minimum atomic E-state index is 0.650. The van der Waals surface area contributed by atoms with Gasteiger partial charge in [-0.3, -0.25) is 9.78 Å². The van der Waals surface area contributed by atoms with Crippen molar-refractivity contribution >= 4 is 40.5 Å². The summed E-state index contributed by atoms with van der Waals surface area (Å²) in [6.45, 7) is 2.32. The van der Waals surface area contributed by atoms with Gasteiger partial charge in [0.1, 0.15) is 6.29 Å². The lowest BCUT2D eigenvalue weighted by Gasteiger charge is -2.37. The van der Waals surface area contributed by atoms with Gasteiger partial charge in [-0.25, -0.2) is 0 Å². The van der Waals surface area contributed by atoms with E-state index in [1.807, 2.05) is 48.5 Å². The third-order valence-electron chi connectivity index (χ3n) is 5.13. The molecule has 162 valence electrons. The number of carbonyl (C=O) groups excluding carboxylic acids is 1. The van der Waals surface area contributed by atoms with E-state index >= 15 is 0 Å². The minimum absolute atomic E-state index is 0.650. The van der Waals surface area contributed by atoms with Crippen molar-refractivity contribution in [1.29, 1.82) is 0 Å². The molecule has 2 heterocycles. The van der Waals surface area contributed by atoms with E-state index in [1.165, 1.54) is 17.6 Å². The summed E-state index contributed by atoms with van der Waals surface area (Å²) in [5.74, 6) is 0. The first-order valence-corrected chi connectivity index (χ1v) is 11.3. The number of hydrogen-bond acceptors (Lipinski definition) is 6. The maximum atomic E-state index is 10.6. The lowest BCUT2D eigenvalue weighted by atomic mass is 10.1. The largest absolute Gasteiger partial charge is 0.380 e. The van der Waals surface area contributed by atoms with Crippen LogP contribution in [0.1, 0.15) is 10.4 Å². The van der Waals surface area contributed by atoms with Crippen molar-refractivity contribution in [1.82, 2.24) is 9.88 Å². The highest BCUT2D eigenvalue weighted by atomic mass is 32.2. The molecule has 0 atom stereocenters. The van der Waals surface area contributed by atoms with Crippen molar-refractivity contribution in [3.05, 3.63) is 96.7 Å². The average molecular weight is 443 g/mol. The summed E-state index contributed by atoms with van der Waals surface area (Å²) < 4.78 is 3.27. The first kappa shape index (κ1) is 21.9. The van der Waals surface area contributed by atoms with E-state index in [1.54, 1.807) is 18.3 Å². The molecule has 6 heteroatoms. The molecule has 32 heavy (non-hydrogen) atoms. The summed E-state index contributed by atoms with van der Waals surface area (Å²) in [5, 5.41) is 4.59. The smallest absolute Gasteiger partial charge is 0.150 e. The van der Waals surface area contributed by atoms with Gasteiger partial charge in [0.15, 0.2) is 0 Å². The second-order valence-corrected chi connectivity index (χ2v) is 8.55. The molecule has 0 spiro atoms. The molecular formula is C26H26N4OS. The monoisotopic (exact) mass is 442 g/mol. The van der Waals surface area contributed by atoms with Crippen LogP contribution in [0.2, 0.25) is 0 Å². The molecule has 0 aliphatic carbocycles. The Morgan fingerprint density at radius 2 is 1.66 bits per heavy atom. The zero-order valence-corrected chi connectivity index (χ0v) is 18.8. The molecule has 0 unspecified atom stereocenters. The molecule has 0 radical (unpaired) electrons. The number of aldehydes is 1. The van der Waals surface area contributed by atoms with Gasteiger partial charge >= 0.3 is 0 Å². The summed E-state index contributed by atoms with van der Waals surface area (Å²) in [4.78, 5) is 18.4. The van der Waals surface area contributed by atoms with Crippen molar-refractivity contribution in [3.63, 3.8) is 0 Å². The Bertz CT molecular complexity index is 1140. The third-order valence-corrected chi connectivity index (χ3v) is 6.02. The van der Waals surface area contributed by atoms with Gasteiger partial charge in [0.2, 0.25) is 0 Å². The van der Waals surface area contributed by atoms with Crippen LogP contribution >= 0.6 is 11.9 Å². The van der Waals surface area contributed by atoms with E-state index in [0.717, 1.165) is 40.9 Å². The Kier molecular flexibility index (Phi) is 7.38. The van der Waals surface area contributed by atoms with Crippen LogP contribution in [0.4, 0.5) is 11.4 Å². The predicted molar refractivity (Wildman–Crippen MR) is 134 cm³/mol. The standard InChI is InChI=1S/C16H12N2OS.C10H14N2/c19-11-12-6-8-14(9-7-12)18-20-15-5-1-3-13-4-2-10-17-16(13)15;1-12-7-10(8-12)11-9-5-3-2-4-6-9/h1-11,18H;2-6,10-11H,7-8H2,1H3. The van der Waals surface area contributed by atoms with Crippen molar-refractivity contribution in [3.8, 4) is 0 Å². The van der Waals surface area contributed by atoms with E-state index in [2.05, 4.69) is 51.2 Å². The average Bonchev–Trinajstić information content (AvgIpc) is 2.83. The van der Waals surface area contributed by atoms with Crippen molar-refractivity contribution in [2.45, 2.75) is 10.9 Å². The molecule has 1 fully saturated rings. The highest BCUT2D eigenvalue weighted by Gasteiger charge is 2.22. The van der Waals surface area contributed by atoms with Gasteiger partial charge < -0.3 is 14.9 Å².